The largest absolute Gasteiger partial charge is 0.388 e. The molecule has 154 valence electrons. The molecule has 0 aromatic heterocycles. The number of carbonyl (C=O) groups excluding carboxylic acids is 2. The van der Waals surface area contributed by atoms with Crippen molar-refractivity contribution in [1.82, 2.24) is 0 Å². The number of hydrogen-bond acceptors (Lipinski definition) is 4. The van der Waals surface area contributed by atoms with Gasteiger partial charge >= 0.3 is 0 Å². The van der Waals surface area contributed by atoms with Gasteiger partial charge in [-0.3, -0.25) is 9.59 Å². The molecule has 4 aliphatic rings. The van der Waals surface area contributed by atoms with Crippen LogP contribution < -0.4 is 0 Å². The first-order valence-electron chi connectivity index (χ1n) is 10.5. The molecule has 2 saturated carbocycles. The molecule has 0 saturated heterocycles. The highest BCUT2D eigenvalue weighted by molar-refractivity contribution is 5.92. The van der Waals surface area contributed by atoms with Crippen LogP contribution >= 0.6 is 0 Å². The fourth-order valence-corrected chi connectivity index (χ4v) is 7.31. The molecular formula is C23H31FO4. The van der Waals surface area contributed by atoms with Crippen LogP contribution in [0.3, 0.4) is 0 Å². The van der Waals surface area contributed by atoms with E-state index >= 15 is 4.39 Å². The quantitative estimate of drug-likeness (QED) is 0.710. The molecule has 4 rings (SSSR count). The van der Waals surface area contributed by atoms with Gasteiger partial charge < -0.3 is 10.2 Å². The number of carbonyl (C=O) groups is 2. The van der Waals surface area contributed by atoms with Gasteiger partial charge in [0, 0.05) is 23.2 Å². The summed E-state index contributed by atoms with van der Waals surface area (Å²) in [6.45, 7) is 6.94. The number of ketones is 2. The van der Waals surface area contributed by atoms with Gasteiger partial charge in [-0.05, 0) is 49.2 Å². The normalized spacial score (nSPS) is 52.5. The third kappa shape index (κ3) is 2.07. The maximum atomic E-state index is 16.9. The summed E-state index contributed by atoms with van der Waals surface area (Å²) in [5.41, 5.74) is -4.04. The number of halogens is 1. The standard InChI is InChI=1S/C23H31FO4/c1-13-9-18-17-10-14(2)23(28,19(27)12-25)21(17,4)7-8-22(18,24)20(3)6-5-15(26)11-16(13)20/h7-8,11,13-14,17-18,25,28H,5-6,9-10,12H2,1-4H3/t13-,14+,17-,18-,20-,21-,22+,23-/m0/s1. The van der Waals surface area contributed by atoms with Crippen molar-refractivity contribution in [3.63, 3.8) is 0 Å². The number of Topliss-reactive ketones (excluding diaryl/α,β-unsaturated/α-hetero) is 1. The fraction of sp³-hybridized carbons (Fsp3) is 0.739. The maximum Gasteiger partial charge on any atom is 0.190 e. The second-order valence-corrected chi connectivity index (χ2v) is 10.1. The highest BCUT2D eigenvalue weighted by Gasteiger charge is 2.71. The van der Waals surface area contributed by atoms with Gasteiger partial charge in [0.05, 0.1) is 0 Å². The Morgan fingerprint density at radius 2 is 1.89 bits per heavy atom. The molecule has 0 heterocycles. The van der Waals surface area contributed by atoms with Gasteiger partial charge in [-0.25, -0.2) is 4.39 Å². The van der Waals surface area contributed by atoms with E-state index < -0.39 is 34.5 Å². The molecule has 28 heavy (non-hydrogen) atoms. The zero-order chi connectivity index (χ0) is 20.7. The molecule has 0 unspecified atom stereocenters. The second-order valence-electron chi connectivity index (χ2n) is 10.1. The Labute approximate surface area is 165 Å². The molecule has 0 aromatic rings. The van der Waals surface area contributed by atoms with E-state index in [9.17, 15) is 19.8 Å². The van der Waals surface area contributed by atoms with E-state index in [1.807, 2.05) is 20.8 Å². The molecule has 0 radical (unpaired) electrons. The van der Waals surface area contributed by atoms with Crippen LogP contribution in [0, 0.1) is 34.5 Å². The van der Waals surface area contributed by atoms with Gasteiger partial charge in [0.1, 0.15) is 17.9 Å². The number of allylic oxidation sites excluding steroid dienone is 3. The molecule has 8 atom stereocenters. The van der Waals surface area contributed by atoms with Crippen LogP contribution in [-0.2, 0) is 9.59 Å². The number of hydrogen-bond donors (Lipinski definition) is 2. The summed E-state index contributed by atoms with van der Waals surface area (Å²) in [6, 6.07) is 0. The topological polar surface area (TPSA) is 74.6 Å². The molecule has 0 aromatic carbocycles. The minimum Gasteiger partial charge on any atom is -0.388 e. The Morgan fingerprint density at radius 1 is 1.21 bits per heavy atom. The van der Waals surface area contributed by atoms with Crippen LogP contribution in [-0.4, -0.2) is 39.7 Å². The van der Waals surface area contributed by atoms with Crippen LogP contribution in [0.5, 0.6) is 0 Å². The summed E-state index contributed by atoms with van der Waals surface area (Å²) in [5, 5.41) is 20.9. The first kappa shape index (κ1) is 20.0. The zero-order valence-corrected chi connectivity index (χ0v) is 17.2. The second kappa shape index (κ2) is 5.85. The summed E-state index contributed by atoms with van der Waals surface area (Å²) in [7, 11) is 0. The van der Waals surface area contributed by atoms with Crippen molar-refractivity contribution in [2.45, 2.75) is 64.6 Å². The Hall–Kier alpha value is -1.33. The first-order chi connectivity index (χ1) is 13.0. The Bertz CT molecular complexity index is 802. The lowest BCUT2D eigenvalue weighted by Crippen LogP contribution is -2.63. The van der Waals surface area contributed by atoms with E-state index in [-0.39, 0.29) is 29.5 Å². The molecule has 0 spiro atoms. The highest BCUT2D eigenvalue weighted by Crippen LogP contribution is 2.69. The average molecular weight is 390 g/mol. The fourth-order valence-electron chi connectivity index (χ4n) is 7.31. The Balaban J connectivity index is 1.87. The van der Waals surface area contributed by atoms with E-state index in [0.29, 0.717) is 25.7 Å². The van der Waals surface area contributed by atoms with Crippen LogP contribution in [0.4, 0.5) is 4.39 Å². The van der Waals surface area contributed by atoms with E-state index in [0.717, 1.165) is 5.57 Å². The number of aliphatic hydroxyl groups is 2. The molecule has 0 aliphatic heterocycles. The Morgan fingerprint density at radius 3 is 2.54 bits per heavy atom. The van der Waals surface area contributed by atoms with Crippen LogP contribution in [0.25, 0.3) is 0 Å². The van der Waals surface area contributed by atoms with Gasteiger partial charge in [0.15, 0.2) is 11.6 Å². The maximum absolute atomic E-state index is 16.9. The molecule has 5 heteroatoms. The van der Waals surface area contributed by atoms with E-state index in [1.165, 1.54) is 0 Å². The minimum atomic E-state index is -1.69. The van der Waals surface area contributed by atoms with Gasteiger partial charge in [-0.2, -0.15) is 0 Å². The van der Waals surface area contributed by atoms with E-state index in [1.54, 1.807) is 18.2 Å². The lowest BCUT2D eigenvalue weighted by atomic mass is 9.45. The molecule has 0 amide bonds. The predicted octanol–water partition coefficient (Wildman–Crippen LogP) is 3.17. The van der Waals surface area contributed by atoms with Crippen molar-refractivity contribution < 1.29 is 24.2 Å². The van der Waals surface area contributed by atoms with Gasteiger partial charge in [-0.1, -0.05) is 39.3 Å². The highest BCUT2D eigenvalue weighted by atomic mass is 19.1. The van der Waals surface area contributed by atoms with E-state index in [4.69, 9.17) is 0 Å². The van der Waals surface area contributed by atoms with Crippen molar-refractivity contribution >= 4 is 11.6 Å². The third-order valence-corrected chi connectivity index (χ3v) is 8.99. The molecule has 2 fully saturated rings. The molecule has 4 nitrogen and oxygen atoms in total. The summed E-state index contributed by atoms with van der Waals surface area (Å²) in [5.74, 6) is -1.32. The SMILES string of the molecule is C[C@@H]1C[C@H]2[C@@H]3C[C@H](C)C4=CC(=O)CC[C@]4(C)[C@@]3(F)C=C[C@]2(C)[C@@]1(O)C(=O)CO. The number of aliphatic hydroxyl groups excluding tert-OH is 1. The lowest BCUT2D eigenvalue weighted by Gasteiger charge is -2.60. The van der Waals surface area contributed by atoms with Gasteiger partial charge in [-0.15, -0.1) is 0 Å². The van der Waals surface area contributed by atoms with Crippen molar-refractivity contribution in [2.75, 3.05) is 6.61 Å². The predicted molar refractivity (Wildman–Crippen MR) is 103 cm³/mol. The monoisotopic (exact) mass is 390 g/mol. The Kier molecular flexibility index (Phi) is 4.17. The van der Waals surface area contributed by atoms with Crippen molar-refractivity contribution in [3.8, 4) is 0 Å². The van der Waals surface area contributed by atoms with Crippen LogP contribution in [0.15, 0.2) is 23.8 Å². The summed E-state index contributed by atoms with van der Waals surface area (Å²) >= 11 is 0. The van der Waals surface area contributed by atoms with Crippen molar-refractivity contribution in [1.29, 1.82) is 0 Å². The third-order valence-electron chi connectivity index (χ3n) is 8.99. The summed E-state index contributed by atoms with van der Waals surface area (Å²) in [4.78, 5) is 24.6. The molecule has 0 bridgehead atoms. The van der Waals surface area contributed by atoms with Gasteiger partial charge in [0.25, 0.3) is 0 Å². The van der Waals surface area contributed by atoms with Crippen molar-refractivity contribution in [2.24, 2.45) is 34.5 Å². The first-order valence-corrected chi connectivity index (χ1v) is 10.5. The smallest absolute Gasteiger partial charge is 0.190 e. The van der Waals surface area contributed by atoms with E-state index in [2.05, 4.69) is 6.92 Å². The lowest BCUT2D eigenvalue weighted by molar-refractivity contribution is -0.161. The molecule has 2 N–H and O–H groups in total. The summed E-state index contributed by atoms with van der Waals surface area (Å²) in [6.07, 6.45) is 6.92. The summed E-state index contributed by atoms with van der Waals surface area (Å²) < 4.78 is 16.9. The van der Waals surface area contributed by atoms with Crippen molar-refractivity contribution in [3.05, 3.63) is 23.8 Å². The average Bonchev–Trinajstić information content (AvgIpc) is 2.86. The minimum absolute atomic E-state index is 0.0726. The van der Waals surface area contributed by atoms with Gasteiger partial charge in [0.2, 0.25) is 0 Å². The number of rotatable bonds is 2. The molecule has 4 aliphatic carbocycles. The van der Waals surface area contributed by atoms with Crippen LogP contribution in [0.1, 0.15) is 53.4 Å². The molecular weight excluding hydrogens is 359 g/mol. The zero-order valence-electron chi connectivity index (χ0n) is 17.2. The number of alkyl halides is 1. The number of fused-ring (bicyclic) bond motifs is 5. The van der Waals surface area contributed by atoms with Crippen LogP contribution in [0.2, 0.25) is 0 Å².